The van der Waals surface area contributed by atoms with E-state index in [2.05, 4.69) is 42.6 Å². The van der Waals surface area contributed by atoms with Gasteiger partial charge in [0.15, 0.2) is 5.96 Å². The van der Waals surface area contributed by atoms with Gasteiger partial charge >= 0.3 is 0 Å². The van der Waals surface area contributed by atoms with E-state index in [1.54, 1.807) is 6.33 Å². The summed E-state index contributed by atoms with van der Waals surface area (Å²) in [6.07, 6.45) is 7.83. The molecule has 0 aromatic carbocycles. The number of fused-ring (bicyclic) bond motifs is 2. The number of nitrogens with one attached hydrogen (secondary N) is 3. The highest BCUT2D eigenvalue weighted by Gasteiger charge is 2.39. The van der Waals surface area contributed by atoms with Gasteiger partial charge < -0.3 is 20.5 Å². The Labute approximate surface area is 168 Å². The Morgan fingerprint density at radius 3 is 2.79 bits per heavy atom. The number of rotatable bonds is 7. The summed E-state index contributed by atoms with van der Waals surface area (Å²) in [7, 11) is 0. The molecular formula is C20H35N7O. The Morgan fingerprint density at radius 2 is 2.14 bits per heavy atom. The molecule has 2 bridgehead atoms. The van der Waals surface area contributed by atoms with Crippen molar-refractivity contribution in [2.24, 2.45) is 16.8 Å². The van der Waals surface area contributed by atoms with Crippen LogP contribution in [0.25, 0.3) is 0 Å². The van der Waals surface area contributed by atoms with Crippen LogP contribution in [0.1, 0.15) is 59.2 Å². The quantitative estimate of drug-likeness (QED) is 0.485. The summed E-state index contributed by atoms with van der Waals surface area (Å²) >= 11 is 0. The Morgan fingerprint density at radius 1 is 1.32 bits per heavy atom. The summed E-state index contributed by atoms with van der Waals surface area (Å²) in [6, 6.07) is 0.469. The first kappa shape index (κ1) is 20.6. The molecule has 1 aromatic heterocycles. The van der Waals surface area contributed by atoms with Crippen molar-refractivity contribution in [2.45, 2.75) is 77.9 Å². The van der Waals surface area contributed by atoms with E-state index in [1.807, 2.05) is 20.8 Å². The maximum Gasteiger partial charge on any atom is 0.242 e. The van der Waals surface area contributed by atoms with Crippen molar-refractivity contribution in [3.05, 3.63) is 12.2 Å². The third kappa shape index (κ3) is 5.69. The highest BCUT2D eigenvalue weighted by molar-refractivity contribution is 5.85. The molecule has 1 amide bonds. The van der Waals surface area contributed by atoms with E-state index in [1.165, 1.54) is 25.7 Å². The minimum absolute atomic E-state index is 0.0615. The van der Waals surface area contributed by atoms with Crippen LogP contribution in [0.5, 0.6) is 0 Å². The van der Waals surface area contributed by atoms with E-state index in [9.17, 15) is 4.79 Å². The van der Waals surface area contributed by atoms with Gasteiger partial charge in [-0.3, -0.25) is 4.79 Å². The van der Waals surface area contributed by atoms with E-state index in [0.717, 1.165) is 36.6 Å². The van der Waals surface area contributed by atoms with Gasteiger partial charge in [0.25, 0.3) is 0 Å². The number of amides is 1. The lowest BCUT2D eigenvalue weighted by atomic mass is 9.95. The van der Waals surface area contributed by atoms with Crippen molar-refractivity contribution in [3.63, 3.8) is 0 Å². The van der Waals surface area contributed by atoms with Gasteiger partial charge in [-0.2, -0.15) is 0 Å². The maximum absolute atomic E-state index is 12.2. The fourth-order valence-corrected chi connectivity index (χ4v) is 4.39. The number of aryl methyl sites for hydroxylation is 1. The highest BCUT2D eigenvalue weighted by atomic mass is 16.2. The summed E-state index contributed by atoms with van der Waals surface area (Å²) in [6.45, 7) is 9.61. The number of carbonyl (C=O) groups is 1. The Bertz CT molecular complexity index is 691. The number of carbonyl (C=O) groups excluding carboxylic acids is 1. The van der Waals surface area contributed by atoms with Gasteiger partial charge in [0.2, 0.25) is 5.91 Å². The predicted octanol–water partition coefficient (Wildman–Crippen LogP) is 1.48. The summed E-state index contributed by atoms with van der Waals surface area (Å²) in [5, 5.41) is 18.1. The third-order valence-corrected chi connectivity index (χ3v) is 5.61. The lowest BCUT2D eigenvalue weighted by molar-refractivity contribution is -0.121. The fraction of sp³-hybridized carbons (Fsp3) is 0.800. The number of hydrogen-bond acceptors (Lipinski definition) is 4. The molecule has 1 aromatic rings. The molecule has 0 radical (unpaired) electrons. The van der Waals surface area contributed by atoms with Crippen LogP contribution < -0.4 is 16.0 Å². The molecule has 2 saturated carbocycles. The van der Waals surface area contributed by atoms with E-state index < -0.39 is 0 Å². The van der Waals surface area contributed by atoms with Crippen molar-refractivity contribution < 1.29 is 4.79 Å². The average molecular weight is 390 g/mol. The molecule has 156 valence electrons. The van der Waals surface area contributed by atoms with Gasteiger partial charge in [0.1, 0.15) is 18.7 Å². The first-order chi connectivity index (χ1) is 13.3. The van der Waals surface area contributed by atoms with Crippen molar-refractivity contribution in [1.29, 1.82) is 0 Å². The van der Waals surface area contributed by atoms with Gasteiger partial charge in [-0.15, -0.1) is 10.2 Å². The zero-order valence-corrected chi connectivity index (χ0v) is 17.7. The minimum Gasteiger partial charge on any atom is -0.355 e. The molecule has 2 aliphatic carbocycles. The second-order valence-corrected chi connectivity index (χ2v) is 9.11. The lowest BCUT2D eigenvalue weighted by Crippen LogP contribution is -2.47. The normalized spacial score (nSPS) is 24.4. The zero-order chi connectivity index (χ0) is 20.1. The van der Waals surface area contributed by atoms with Crippen molar-refractivity contribution in [2.75, 3.05) is 13.1 Å². The van der Waals surface area contributed by atoms with E-state index in [0.29, 0.717) is 12.6 Å². The van der Waals surface area contributed by atoms with E-state index >= 15 is 0 Å². The van der Waals surface area contributed by atoms with Gasteiger partial charge in [-0.25, -0.2) is 4.99 Å². The van der Waals surface area contributed by atoms with E-state index in [-0.39, 0.29) is 18.0 Å². The Hall–Kier alpha value is -2.12. The lowest BCUT2D eigenvalue weighted by Gasteiger charge is -2.25. The summed E-state index contributed by atoms with van der Waals surface area (Å²) in [5.41, 5.74) is -0.247. The smallest absolute Gasteiger partial charge is 0.242 e. The number of aliphatic imine (C=N–C) groups is 1. The monoisotopic (exact) mass is 389 g/mol. The second-order valence-electron chi connectivity index (χ2n) is 9.11. The van der Waals surface area contributed by atoms with Gasteiger partial charge in [0.05, 0.1) is 0 Å². The molecular weight excluding hydrogens is 354 g/mol. The molecule has 0 saturated heterocycles. The molecule has 28 heavy (non-hydrogen) atoms. The predicted molar refractivity (Wildman–Crippen MR) is 110 cm³/mol. The Balaban J connectivity index is 1.57. The molecule has 2 aliphatic rings. The molecule has 3 atom stereocenters. The van der Waals surface area contributed by atoms with Crippen LogP contribution in [-0.2, 0) is 17.8 Å². The largest absolute Gasteiger partial charge is 0.355 e. The van der Waals surface area contributed by atoms with Crippen LogP contribution in [-0.4, -0.2) is 51.3 Å². The first-order valence-corrected chi connectivity index (χ1v) is 10.6. The standard InChI is InChI=1S/C20H35N7O/c1-5-17-26-23-13-27(17)9-8-21-19(22-12-18(28)25-20(2,3)4)24-16-11-14-6-7-15(16)10-14/h13-16H,5-12H2,1-4H3,(H,25,28)(H2,21,22,24). The number of nitrogens with zero attached hydrogens (tertiary/aromatic N) is 4. The molecule has 8 nitrogen and oxygen atoms in total. The van der Waals surface area contributed by atoms with Crippen LogP contribution in [0.2, 0.25) is 0 Å². The van der Waals surface area contributed by atoms with Crippen molar-refractivity contribution in [3.8, 4) is 0 Å². The molecule has 3 unspecified atom stereocenters. The third-order valence-electron chi connectivity index (χ3n) is 5.61. The van der Waals surface area contributed by atoms with Crippen molar-refractivity contribution >= 4 is 11.9 Å². The summed E-state index contributed by atoms with van der Waals surface area (Å²) < 4.78 is 2.05. The number of hydrogen-bond donors (Lipinski definition) is 3. The molecule has 0 spiro atoms. The minimum atomic E-state index is -0.247. The SMILES string of the molecule is CCc1nncn1CCNC(=NCC(=O)NC(C)(C)C)NC1CC2CCC1C2. The molecule has 3 rings (SSSR count). The van der Waals surface area contributed by atoms with Gasteiger partial charge in [-0.05, 0) is 51.9 Å². The van der Waals surface area contributed by atoms with Crippen LogP contribution >= 0.6 is 0 Å². The zero-order valence-electron chi connectivity index (χ0n) is 17.7. The van der Waals surface area contributed by atoms with Crippen molar-refractivity contribution in [1.82, 2.24) is 30.7 Å². The summed E-state index contributed by atoms with van der Waals surface area (Å²) in [5.74, 6) is 3.24. The fourth-order valence-electron chi connectivity index (χ4n) is 4.39. The summed E-state index contributed by atoms with van der Waals surface area (Å²) in [4.78, 5) is 16.7. The van der Waals surface area contributed by atoms with Crippen LogP contribution in [0.3, 0.4) is 0 Å². The van der Waals surface area contributed by atoms with Crippen LogP contribution in [0, 0.1) is 11.8 Å². The second kappa shape index (κ2) is 8.92. The topological polar surface area (TPSA) is 96.2 Å². The average Bonchev–Trinajstić information content (AvgIpc) is 3.34. The van der Waals surface area contributed by atoms with Crippen LogP contribution in [0.4, 0.5) is 0 Å². The van der Waals surface area contributed by atoms with Crippen LogP contribution in [0.15, 0.2) is 11.3 Å². The molecule has 8 heteroatoms. The Kier molecular flexibility index (Phi) is 6.57. The molecule has 0 aliphatic heterocycles. The highest BCUT2D eigenvalue weighted by Crippen LogP contribution is 2.44. The maximum atomic E-state index is 12.2. The molecule has 2 fully saturated rings. The van der Waals surface area contributed by atoms with Gasteiger partial charge in [0, 0.05) is 31.1 Å². The molecule has 3 N–H and O–H groups in total. The first-order valence-electron chi connectivity index (χ1n) is 10.6. The van der Waals surface area contributed by atoms with Gasteiger partial charge in [-0.1, -0.05) is 13.3 Å². The number of guanidine groups is 1. The number of aromatic nitrogens is 3. The van der Waals surface area contributed by atoms with E-state index in [4.69, 9.17) is 0 Å². The molecule has 1 heterocycles.